The molecule has 21 heavy (non-hydrogen) atoms. The van der Waals surface area contributed by atoms with Gasteiger partial charge in [-0.05, 0) is 56.2 Å². The quantitative estimate of drug-likeness (QED) is 0.861. The lowest BCUT2D eigenvalue weighted by Gasteiger charge is -2.34. The molecule has 0 heterocycles. The van der Waals surface area contributed by atoms with Crippen LogP contribution in [0.1, 0.15) is 56.8 Å². The van der Waals surface area contributed by atoms with Gasteiger partial charge >= 0.3 is 0 Å². The molecular weight excluding hydrogens is 284 g/mol. The van der Waals surface area contributed by atoms with Crippen molar-refractivity contribution < 1.29 is 4.79 Å². The van der Waals surface area contributed by atoms with E-state index in [2.05, 4.69) is 24.5 Å². The number of amides is 1. The molecule has 2 rings (SSSR count). The van der Waals surface area contributed by atoms with Gasteiger partial charge in [0.15, 0.2) is 0 Å². The summed E-state index contributed by atoms with van der Waals surface area (Å²) in [5.74, 6) is -0.0295. The zero-order chi connectivity index (χ0) is 15.5. The minimum Gasteiger partial charge on any atom is -0.385 e. The van der Waals surface area contributed by atoms with E-state index in [1.165, 1.54) is 0 Å². The third-order valence-electron chi connectivity index (χ3n) is 4.27. The van der Waals surface area contributed by atoms with Gasteiger partial charge in [-0.25, -0.2) is 0 Å². The van der Waals surface area contributed by atoms with Crippen LogP contribution in [0.25, 0.3) is 0 Å². The number of nitrogens with one attached hydrogen (secondary N) is 2. The first-order valence-corrected chi connectivity index (χ1v) is 8.13. The molecule has 1 saturated carbocycles. The lowest BCUT2D eigenvalue weighted by molar-refractivity contribution is 0.0910. The molecule has 0 spiro atoms. The monoisotopic (exact) mass is 308 g/mol. The highest BCUT2D eigenvalue weighted by atomic mass is 35.5. The van der Waals surface area contributed by atoms with Crippen LogP contribution in [0.3, 0.4) is 0 Å². The molecule has 1 amide bonds. The van der Waals surface area contributed by atoms with Crippen LogP contribution in [0.5, 0.6) is 0 Å². The van der Waals surface area contributed by atoms with Crippen molar-refractivity contribution in [1.29, 1.82) is 0 Å². The average Bonchev–Trinajstić information content (AvgIpc) is 2.43. The lowest BCUT2D eigenvalue weighted by atomic mass is 9.75. The minimum absolute atomic E-state index is 0.0295. The molecule has 0 atom stereocenters. The van der Waals surface area contributed by atoms with Gasteiger partial charge in [-0.1, -0.05) is 25.4 Å². The Bertz CT molecular complexity index is 504. The highest BCUT2D eigenvalue weighted by Gasteiger charge is 2.28. The van der Waals surface area contributed by atoms with Gasteiger partial charge in [0, 0.05) is 23.3 Å². The topological polar surface area (TPSA) is 41.1 Å². The summed E-state index contributed by atoms with van der Waals surface area (Å²) in [6.45, 7) is 7.38. The van der Waals surface area contributed by atoms with Crippen molar-refractivity contribution in [1.82, 2.24) is 5.32 Å². The predicted octanol–water partition coefficient (Wildman–Crippen LogP) is 4.47. The number of hydrogen-bond acceptors (Lipinski definition) is 2. The van der Waals surface area contributed by atoms with Crippen molar-refractivity contribution in [2.75, 3.05) is 11.9 Å². The van der Waals surface area contributed by atoms with Crippen LogP contribution < -0.4 is 10.6 Å². The number of benzene rings is 1. The Balaban J connectivity index is 2.05. The number of halogens is 1. The van der Waals surface area contributed by atoms with Gasteiger partial charge in [-0.15, -0.1) is 0 Å². The number of carbonyl (C=O) groups excluding carboxylic acids is 1. The summed E-state index contributed by atoms with van der Waals surface area (Å²) in [6.07, 6.45) is 4.42. The Hall–Kier alpha value is -1.22. The third kappa shape index (κ3) is 4.37. The zero-order valence-corrected chi connectivity index (χ0v) is 13.9. The Labute approximate surface area is 132 Å². The third-order valence-corrected chi connectivity index (χ3v) is 4.50. The van der Waals surface area contributed by atoms with E-state index in [0.717, 1.165) is 37.9 Å². The first-order valence-electron chi connectivity index (χ1n) is 7.75. The fourth-order valence-electron chi connectivity index (χ4n) is 2.86. The predicted molar refractivity (Wildman–Crippen MR) is 89.1 cm³/mol. The Morgan fingerprint density at radius 3 is 2.62 bits per heavy atom. The van der Waals surface area contributed by atoms with Crippen LogP contribution >= 0.6 is 11.6 Å². The Morgan fingerprint density at radius 1 is 1.33 bits per heavy atom. The second-order valence-corrected chi connectivity index (χ2v) is 7.07. The zero-order valence-electron chi connectivity index (χ0n) is 13.1. The molecule has 0 saturated heterocycles. The molecule has 116 valence electrons. The van der Waals surface area contributed by atoms with E-state index < -0.39 is 0 Å². The maximum Gasteiger partial charge on any atom is 0.253 e. The van der Waals surface area contributed by atoms with E-state index in [4.69, 9.17) is 11.6 Å². The standard InChI is InChI=1S/C17H25ClN2O/c1-4-19-15-6-5-12(18)11-14(15)16(21)20-13-7-9-17(2,3)10-8-13/h5-6,11,13,19H,4,7-10H2,1-3H3,(H,20,21). The molecule has 1 aliphatic carbocycles. The van der Waals surface area contributed by atoms with Crippen molar-refractivity contribution in [3.8, 4) is 0 Å². The first kappa shape index (κ1) is 16.2. The lowest BCUT2D eigenvalue weighted by Crippen LogP contribution is -2.39. The van der Waals surface area contributed by atoms with Crippen molar-refractivity contribution in [2.45, 2.75) is 52.5 Å². The van der Waals surface area contributed by atoms with Crippen LogP contribution in [0.15, 0.2) is 18.2 Å². The Kier molecular flexibility index (Phi) is 5.15. The van der Waals surface area contributed by atoms with Gasteiger partial charge in [-0.3, -0.25) is 4.79 Å². The van der Waals surface area contributed by atoms with Gasteiger partial charge in [-0.2, -0.15) is 0 Å². The molecular formula is C17H25ClN2O. The Morgan fingerprint density at radius 2 is 2.00 bits per heavy atom. The van der Waals surface area contributed by atoms with Gasteiger partial charge in [0.2, 0.25) is 0 Å². The summed E-state index contributed by atoms with van der Waals surface area (Å²) in [7, 11) is 0. The number of hydrogen-bond donors (Lipinski definition) is 2. The number of rotatable bonds is 4. The summed E-state index contributed by atoms with van der Waals surface area (Å²) in [6, 6.07) is 5.69. The van der Waals surface area contributed by atoms with E-state index in [0.29, 0.717) is 16.0 Å². The van der Waals surface area contributed by atoms with Gasteiger partial charge in [0.05, 0.1) is 5.56 Å². The maximum absolute atomic E-state index is 12.5. The molecule has 1 aliphatic rings. The summed E-state index contributed by atoms with van der Waals surface area (Å²) >= 11 is 6.03. The molecule has 1 aromatic rings. The fraction of sp³-hybridized carbons (Fsp3) is 0.588. The highest BCUT2D eigenvalue weighted by Crippen LogP contribution is 2.35. The molecule has 0 aromatic heterocycles. The van der Waals surface area contributed by atoms with Crippen molar-refractivity contribution >= 4 is 23.2 Å². The van der Waals surface area contributed by atoms with Crippen molar-refractivity contribution in [3.05, 3.63) is 28.8 Å². The molecule has 4 heteroatoms. The van der Waals surface area contributed by atoms with Crippen LogP contribution in [-0.2, 0) is 0 Å². The SMILES string of the molecule is CCNc1ccc(Cl)cc1C(=O)NC1CCC(C)(C)CC1. The van der Waals surface area contributed by atoms with Crippen molar-refractivity contribution in [2.24, 2.45) is 5.41 Å². The highest BCUT2D eigenvalue weighted by molar-refractivity contribution is 6.31. The summed E-state index contributed by atoms with van der Waals surface area (Å²) < 4.78 is 0. The summed E-state index contributed by atoms with van der Waals surface area (Å²) in [4.78, 5) is 12.5. The molecule has 1 aromatic carbocycles. The molecule has 0 bridgehead atoms. The van der Waals surface area contributed by atoms with E-state index in [1.54, 1.807) is 12.1 Å². The first-order chi connectivity index (χ1) is 9.91. The average molecular weight is 309 g/mol. The number of anilines is 1. The number of carbonyl (C=O) groups is 1. The van der Waals surface area contributed by atoms with Crippen LogP contribution in [-0.4, -0.2) is 18.5 Å². The van der Waals surface area contributed by atoms with E-state index in [1.807, 2.05) is 13.0 Å². The van der Waals surface area contributed by atoms with Crippen LogP contribution in [0.2, 0.25) is 5.02 Å². The van der Waals surface area contributed by atoms with Gasteiger partial charge in [0.1, 0.15) is 0 Å². The normalized spacial score (nSPS) is 18.3. The van der Waals surface area contributed by atoms with Crippen LogP contribution in [0, 0.1) is 5.41 Å². The molecule has 0 aliphatic heterocycles. The van der Waals surface area contributed by atoms with E-state index >= 15 is 0 Å². The van der Waals surface area contributed by atoms with Crippen molar-refractivity contribution in [3.63, 3.8) is 0 Å². The molecule has 0 unspecified atom stereocenters. The fourth-order valence-corrected chi connectivity index (χ4v) is 3.03. The maximum atomic E-state index is 12.5. The summed E-state index contributed by atoms with van der Waals surface area (Å²) in [5.41, 5.74) is 1.89. The minimum atomic E-state index is -0.0295. The van der Waals surface area contributed by atoms with E-state index in [-0.39, 0.29) is 11.9 Å². The summed E-state index contributed by atoms with van der Waals surface area (Å²) in [5, 5.41) is 6.97. The molecule has 3 nitrogen and oxygen atoms in total. The molecule has 1 fully saturated rings. The molecule has 2 N–H and O–H groups in total. The van der Waals surface area contributed by atoms with E-state index in [9.17, 15) is 4.79 Å². The van der Waals surface area contributed by atoms with Crippen LogP contribution in [0.4, 0.5) is 5.69 Å². The smallest absolute Gasteiger partial charge is 0.253 e. The van der Waals surface area contributed by atoms with Gasteiger partial charge < -0.3 is 10.6 Å². The second kappa shape index (κ2) is 6.69. The largest absolute Gasteiger partial charge is 0.385 e. The molecule has 0 radical (unpaired) electrons. The second-order valence-electron chi connectivity index (χ2n) is 6.63. The van der Waals surface area contributed by atoms with Gasteiger partial charge in [0.25, 0.3) is 5.91 Å².